The number of aromatic nitrogens is 1. The molecule has 0 unspecified atom stereocenters. The van der Waals surface area contributed by atoms with Gasteiger partial charge in [0.05, 0.1) is 10.2 Å². The summed E-state index contributed by atoms with van der Waals surface area (Å²) in [6.45, 7) is 5.97. The van der Waals surface area contributed by atoms with Crippen molar-refractivity contribution in [2.24, 2.45) is 0 Å². The summed E-state index contributed by atoms with van der Waals surface area (Å²) in [7, 11) is 0. The molecule has 1 aliphatic rings. The fourth-order valence-electron chi connectivity index (χ4n) is 3.72. The van der Waals surface area contributed by atoms with Crippen molar-refractivity contribution in [1.29, 1.82) is 0 Å². The number of hydrogen-bond donors (Lipinski definition) is 2. The number of thiazole rings is 1. The molecule has 1 amide bonds. The number of benzene rings is 2. The Balaban J connectivity index is 1.33. The van der Waals surface area contributed by atoms with Gasteiger partial charge >= 0.3 is 0 Å². The number of nitrogens with one attached hydrogen (secondary N) is 2. The van der Waals surface area contributed by atoms with E-state index in [2.05, 4.69) is 52.8 Å². The van der Waals surface area contributed by atoms with Crippen LogP contribution < -0.4 is 10.6 Å². The number of piperidine rings is 1. The number of likely N-dealkylation sites (tertiary alicyclic amines) is 1. The maximum absolute atomic E-state index is 12.2. The molecule has 1 aliphatic heterocycles. The zero-order valence-electron chi connectivity index (χ0n) is 16.9. The highest BCUT2D eigenvalue weighted by Crippen LogP contribution is 2.28. The number of hydrogen-bond acceptors (Lipinski definition) is 5. The van der Waals surface area contributed by atoms with Crippen molar-refractivity contribution >= 4 is 32.6 Å². The number of nitrogens with zero attached hydrogens (tertiary/aromatic N) is 2. The van der Waals surface area contributed by atoms with E-state index in [0.29, 0.717) is 18.2 Å². The van der Waals surface area contributed by atoms with Gasteiger partial charge in [-0.05, 0) is 43.0 Å². The summed E-state index contributed by atoms with van der Waals surface area (Å²) in [5.41, 5.74) is 3.03. The molecule has 1 aromatic heterocycles. The van der Waals surface area contributed by atoms with Crippen LogP contribution in [0.4, 0.5) is 5.13 Å². The van der Waals surface area contributed by atoms with Gasteiger partial charge in [-0.15, -0.1) is 0 Å². The van der Waals surface area contributed by atoms with E-state index >= 15 is 0 Å². The van der Waals surface area contributed by atoms with E-state index in [1.165, 1.54) is 5.56 Å². The Hall–Kier alpha value is -2.44. The Bertz CT molecular complexity index is 948. The smallest absolute Gasteiger partial charge is 0.251 e. The van der Waals surface area contributed by atoms with Crippen LogP contribution in [0.3, 0.4) is 0 Å². The third kappa shape index (κ3) is 5.14. The lowest BCUT2D eigenvalue weighted by molar-refractivity contribution is 0.0954. The lowest BCUT2D eigenvalue weighted by Gasteiger charge is -2.32. The van der Waals surface area contributed by atoms with E-state index in [4.69, 9.17) is 4.98 Å². The Kier molecular flexibility index (Phi) is 6.42. The molecule has 4 rings (SSSR count). The normalized spacial score (nSPS) is 15.5. The van der Waals surface area contributed by atoms with Crippen molar-refractivity contribution in [1.82, 2.24) is 15.2 Å². The van der Waals surface area contributed by atoms with Crippen molar-refractivity contribution in [2.75, 3.05) is 25.0 Å². The lowest BCUT2D eigenvalue weighted by atomic mass is 10.0. The van der Waals surface area contributed by atoms with Gasteiger partial charge in [-0.2, -0.15) is 0 Å². The minimum Gasteiger partial charge on any atom is -0.359 e. The molecule has 0 bridgehead atoms. The van der Waals surface area contributed by atoms with Gasteiger partial charge in [-0.25, -0.2) is 4.98 Å². The van der Waals surface area contributed by atoms with Gasteiger partial charge in [-0.3, -0.25) is 9.69 Å². The van der Waals surface area contributed by atoms with E-state index in [1.807, 2.05) is 18.2 Å². The van der Waals surface area contributed by atoms with Crippen LogP contribution in [-0.4, -0.2) is 41.5 Å². The van der Waals surface area contributed by atoms with Crippen LogP contribution in [0, 0.1) is 0 Å². The summed E-state index contributed by atoms with van der Waals surface area (Å²) in [4.78, 5) is 19.4. The average molecular weight is 409 g/mol. The van der Waals surface area contributed by atoms with Crippen molar-refractivity contribution in [3.05, 3.63) is 59.7 Å². The van der Waals surface area contributed by atoms with E-state index in [9.17, 15) is 4.79 Å². The van der Waals surface area contributed by atoms with Crippen LogP contribution in [0.5, 0.6) is 0 Å². The Morgan fingerprint density at radius 1 is 1.17 bits per heavy atom. The third-order valence-electron chi connectivity index (χ3n) is 5.35. The second-order valence-corrected chi connectivity index (χ2v) is 8.67. The zero-order chi connectivity index (χ0) is 20.1. The highest BCUT2D eigenvalue weighted by Gasteiger charge is 2.20. The van der Waals surface area contributed by atoms with Gasteiger partial charge < -0.3 is 10.6 Å². The average Bonchev–Trinajstić information content (AvgIpc) is 3.15. The molecule has 5 nitrogen and oxygen atoms in total. The Morgan fingerprint density at radius 3 is 2.72 bits per heavy atom. The van der Waals surface area contributed by atoms with E-state index in [0.717, 1.165) is 54.2 Å². The molecule has 0 atom stereocenters. The Labute approximate surface area is 176 Å². The first-order chi connectivity index (χ1) is 14.2. The van der Waals surface area contributed by atoms with E-state index in [1.54, 1.807) is 11.3 Å². The molecule has 6 heteroatoms. The quantitative estimate of drug-likeness (QED) is 0.604. The highest BCUT2D eigenvalue weighted by molar-refractivity contribution is 7.22. The number of fused-ring (bicyclic) bond motifs is 1. The molecule has 0 saturated carbocycles. The van der Waals surface area contributed by atoms with Crippen LogP contribution >= 0.6 is 11.3 Å². The fraction of sp³-hybridized carbons (Fsp3) is 0.391. The SMILES string of the molecule is CCCNC(=O)c1ccc2nc(NC3CCN(Cc4ccccc4)CC3)sc2c1. The molecular weight excluding hydrogens is 380 g/mol. The van der Waals surface area contributed by atoms with Crippen LogP contribution in [0.15, 0.2) is 48.5 Å². The summed E-state index contributed by atoms with van der Waals surface area (Å²) in [6.07, 6.45) is 3.17. The maximum Gasteiger partial charge on any atom is 0.251 e. The summed E-state index contributed by atoms with van der Waals surface area (Å²) in [5, 5.41) is 7.50. The molecule has 0 spiro atoms. The monoisotopic (exact) mass is 408 g/mol. The molecule has 0 radical (unpaired) electrons. The second-order valence-electron chi connectivity index (χ2n) is 7.64. The molecular formula is C23H28N4OS. The lowest BCUT2D eigenvalue weighted by Crippen LogP contribution is -2.38. The van der Waals surface area contributed by atoms with Crippen molar-refractivity contribution < 1.29 is 4.79 Å². The molecule has 1 saturated heterocycles. The standard InChI is InChI=1S/C23H28N4OS/c1-2-12-24-22(28)18-8-9-20-21(15-18)29-23(26-20)25-19-10-13-27(14-11-19)16-17-6-4-3-5-7-17/h3-9,15,19H,2,10-14,16H2,1H3,(H,24,28)(H,25,26). The van der Waals surface area contributed by atoms with Gasteiger partial charge in [0.25, 0.3) is 5.91 Å². The first kappa shape index (κ1) is 19.9. The highest BCUT2D eigenvalue weighted by atomic mass is 32.1. The summed E-state index contributed by atoms with van der Waals surface area (Å²) >= 11 is 1.63. The van der Waals surface area contributed by atoms with Gasteiger partial charge in [-0.1, -0.05) is 48.6 Å². The topological polar surface area (TPSA) is 57.3 Å². The van der Waals surface area contributed by atoms with Gasteiger partial charge in [0.1, 0.15) is 0 Å². The minimum absolute atomic E-state index is 0.0116. The van der Waals surface area contributed by atoms with Crippen molar-refractivity contribution in [2.45, 2.75) is 38.8 Å². The minimum atomic E-state index is -0.0116. The molecule has 0 aliphatic carbocycles. The first-order valence-corrected chi connectivity index (χ1v) is 11.2. The van der Waals surface area contributed by atoms with Gasteiger partial charge in [0, 0.05) is 37.8 Å². The van der Waals surface area contributed by atoms with E-state index in [-0.39, 0.29) is 5.91 Å². The zero-order valence-corrected chi connectivity index (χ0v) is 17.7. The van der Waals surface area contributed by atoms with Crippen LogP contribution in [0.25, 0.3) is 10.2 Å². The van der Waals surface area contributed by atoms with Gasteiger partial charge in [0.2, 0.25) is 0 Å². The number of carbonyl (C=O) groups is 1. The van der Waals surface area contributed by atoms with Crippen molar-refractivity contribution in [3.63, 3.8) is 0 Å². The number of carbonyl (C=O) groups excluding carboxylic acids is 1. The predicted octanol–water partition coefficient (Wildman–Crippen LogP) is 4.51. The van der Waals surface area contributed by atoms with Crippen LogP contribution in [-0.2, 0) is 6.54 Å². The number of anilines is 1. The predicted molar refractivity (Wildman–Crippen MR) is 121 cm³/mol. The number of rotatable bonds is 7. The molecule has 152 valence electrons. The molecule has 2 heterocycles. The van der Waals surface area contributed by atoms with Crippen LogP contribution in [0.1, 0.15) is 42.1 Å². The molecule has 2 aromatic carbocycles. The first-order valence-electron chi connectivity index (χ1n) is 10.4. The largest absolute Gasteiger partial charge is 0.359 e. The summed E-state index contributed by atoms with van der Waals surface area (Å²) in [5.74, 6) is -0.0116. The second kappa shape index (κ2) is 9.37. The van der Waals surface area contributed by atoms with E-state index < -0.39 is 0 Å². The molecule has 2 N–H and O–H groups in total. The number of amides is 1. The summed E-state index contributed by atoms with van der Waals surface area (Å²) in [6, 6.07) is 16.9. The Morgan fingerprint density at radius 2 is 1.97 bits per heavy atom. The molecule has 1 fully saturated rings. The summed E-state index contributed by atoms with van der Waals surface area (Å²) < 4.78 is 1.05. The maximum atomic E-state index is 12.2. The third-order valence-corrected chi connectivity index (χ3v) is 6.30. The molecule has 29 heavy (non-hydrogen) atoms. The van der Waals surface area contributed by atoms with Crippen molar-refractivity contribution in [3.8, 4) is 0 Å². The fourth-order valence-corrected chi connectivity index (χ4v) is 4.70. The molecule has 3 aromatic rings. The van der Waals surface area contributed by atoms with Crippen LogP contribution in [0.2, 0.25) is 0 Å². The van der Waals surface area contributed by atoms with Gasteiger partial charge in [0.15, 0.2) is 5.13 Å².